The van der Waals surface area contributed by atoms with Gasteiger partial charge in [0.2, 0.25) is 0 Å². The van der Waals surface area contributed by atoms with Crippen molar-refractivity contribution in [2.75, 3.05) is 10.5 Å². The van der Waals surface area contributed by atoms with Crippen LogP contribution >= 0.6 is 23.2 Å². The van der Waals surface area contributed by atoms with Gasteiger partial charge in [-0.3, -0.25) is 4.72 Å². The maximum absolute atomic E-state index is 12.8. The highest BCUT2D eigenvalue weighted by molar-refractivity contribution is 7.92. The minimum Gasteiger partial charge on any atom is -0.478 e. The summed E-state index contributed by atoms with van der Waals surface area (Å²) < 4.78 is 27.9. The Balaban J connectivity index is 2.55. The summed E-state index contributed by atoms with van der Waals surface area (Å²) in [5, 5.41) is 9.34. The van der Waals surface area contributed by atoms with Crippen LogP contribution in [-0.2, 0) is 10.0 Å². The fourth-order valence-electron chi connectivity index (χ4n) is 2.23. The van der Waals surface area contributed by atoms with Gasteiger partial charge in [0, 0.05) is 0 Å². The summed E-state index contributed by atoms with van der Waals surface area (Å²) in [5.41, 5.74) is 6.27. The molecule has 0 heterocycles. The predicted octanol–water partition coefficient (Wildman–Crippen LogP) is 4.20. The van der Waals surface area contributed by atoms with E-state index in [1.807, 2.05) is 13.8 Å². The molecule has 0 aliphatic carbocycles. The predicted molar refractivity (Wildman–Crippen MR) is 99.2 cm³/mol. The quantitative estimate of drug-likeness (QED) is 0.649. The van der Waals surface area contributed by atoms with Crippen LogP contribution in [0.1, 0.15) is 35.7 Å². The molecule has 0 aliphatic heterocycles. The summed E-state index contributed by atoms with van der Waals surface area (Å²) in [7, 11) is -4.06. The van der Waals surface area contributed by atoms with Gasteiger partial charge in [-0.15, -0.1) is 0 Å². The summed E-state index contributed by atoms with van der Waals surface area (Å²) in [6.45, 7) is 3.62. The minimum atomic E-state index is -4.06. The van der Waals surface area contributed by atoms with E-state index >= 15 is 0 Å². The minimum absolute atomic E-state index is 0.105. The Bertz CT molecular complexity index is 920. The molecule has 9 heteroatoms. The Labute approximate surface area is 155 Å². The molecule has 0 saturated heterocycles. The van der Waals surface area contributed by atoms with E-state index in [4.69, 9.17) is 34.0 Å². The first-order chi connectivity index (χ1) is 11.5. The monoisotopic (exact) mass is 402 g/mol. The molecule has 2 aromatic carbocycles. The first kappa shape index (κ1) is 19.4. The van der Waals surface area contributed by atoms with Crippen LogP contribution in [0.5, 0.6) is 0 Å². The van der Waals surface area contributed by atoms with Gasteiger partial charge in [0.05, 0.1) is 31.9 Å². The number of hydrogen-bond donors (Lipinski definition) is 3. The van der Waals surface area contributed by atoms with Crippen molar-refractivity contribution in [3.8, 4) is 0 Å². The van der Waals surface area contributed by atoms with Crippen LogP contribution in [0.4, 0.5) is 11.4 Å². The Hall–Kier alpha value is -1.96. The molecular weight excluding hydrogens is 387 g/mol. The van der Waals surface area contributed by atoms with Crippen LogP contribution in [0.15, 0.2) is 35.2 Å². The SMILES string of the molecule is CC(C)c1ccc(C(=O)O)cc1S(=O)(=O)Nc1cc(Cl)c(N)c(Cl)c1. The zero-order valence-corrected chi connectivity index (χ0v) is 15.7. The molecule has 4 N–H and O–H groups in total. The normalized spacial score (nSPS) is 11.6. The second-order valence-electron chi connectivity index (χ2n) is 5.67. The maximum Gasteiger partial charge on any atom is 0.335 e. The molecule has 0 amide bonds. The maximum atomic E-state index is 12.8. The number of halogens is 2. The molecule has 25 heavy (non-hydrogen) atoms. The third kappa shape index (κ3) is 4.18. The van der Waals surface area contributed by atoms with Crippen LogP contribution < -0.4 is 10.5 Å². The molecule has 0 spiro atoms. The molecule has 0 aliphatic rings. The van der Waals surface area contributed by atoms with Crippen molar-refractivity contribution in [2.24, 2.45) is 0 Å². The van der Waals surface area contributed by atoms with E-state index in [9.17, 15) is 13.2 Å². The number of nitrogens with one attached hydrogen (secondary N) is 1. The van der Waals surface area contributed by atoms with E-state index in [1.54, 1.807) is 0 Å². The van der Waals surface area contributed by atoms with Crippen LogP contribution in [-0.4, -0.2) is 19.5 Å². The van der Waals surface area contributed by atoms with E-state index in [2.05, 4.69) is 4.72 Å². The van der Waals surface area contributed by atoms with E-state index < -0.39 is 16.0 Å². The average Bonchev–Trinajstić information content (AvgIpc) is 2.51. The van der Waals surface area contributed by atoms with Gasteiger partial charge in [-0.2, -0.15) is 0 Å². The molecule has 0 radical (unpaired) electrons. The van der Waals surface area contributed by atoms with Crippen molar-refractivity contribution in [3.63, 3.8) is 0 Å². The van der Waals surface area contributed by atoms with Crippen LogP contribution in [0.2, 0.25) is 10.0 Å². The van der Waals surface area contributed by atoms with Crippen molar-refractivity contribution in [1.29, 1.82) is 0 Å². The molecule has 2 aromatic rings. The Morgan fingerprint density at radius 1 is 1.16 bits per heavy atom. The van der Waals surface area contributed by atoms with Gasteiger partial charge in [-0.1, -0.05) is 43.1 Å². The zero-order valence-electron chi connectivity index (χ0n) is 13.4. The summed E-state index contributed by atoms with van der Waals surface area (Å²) in [4.78, 5) is 11.1. The smallest absolute Gasteiger partial charge is 0.335 e. The first-order valence-corrected chi connectivity index (χ1v) is 9.41. The third-order valence-electron chi connectivity index (χ3n) is 3.50. The molecule has 134 valence electrons. The molecule has 0 saturated carbocycles. The van der Waals surface area contributed by atoms with Gasteiger partial charge in [0.1, 0.15) is 0 Å². The van der Waals surface area contributed by atoms with Gasteiger partial charge in [-0.05, 0) is 35.7 Å². The first-order valence-electron chi connectivity index (χ1n) is 7.17. The van der Waals surface area contributed by atoms with E-state index in [0.717, 1.165) is 6.07 Å². The van der Waals surface area contributed by atoms with Crippen molar-refractivity contribution in [3.05, 3.63) is 51.5 Å². The van der Waals surface area contributed by atoms with Gasteiger partial charge in [0.15, 0.2) is 0 Å². The summed E-state index contributed by atoms with van der Waals surface area (Å²) in [5.74, 6) is -1.35. The number of nitrogens with two attached hydrogens (primary N) is 1. The zero-order chi connectivity index (χ0) is 18.9. The summed E-state index contributed by atoms with van der Waals surface area (Å²) in [6, 6.07) is 6.65. The Morgan fingerprint density at radius 2 is 1.72 bits per heavy atom. The molecule has 0 aromatic heterocycles. The number of benzene rings is 2. The topological polar surface area (TPSA) is 109 Å². The standard InChI is InChI=1S/C16H16Cl2N2O4S/c1-8(2)11-4-3-9(16(21)22)5-14(11)25(23,24)20-10-6-12(17)15(19)13(18)7-10/h3-8,20H,19H2,1-2H3,(H,21,22). The van der Waals surface area contributed by atoms with E-state index in [-0.39, 0.29) is 37.8 Å². The highest BCUT2D eigenvalue weighted by Crippen LogP contribution is 2.33. The molecule has 0 unspecified atom stereocenters. The average molecular weight is 403 g/mol. The van der Waals surface area contributed by atoms with E-state index in [1.165, 1.54) is 24.3 Å². The van der Waals surface area contributed by atoms with Crippen molar-refractivity contribution < 1.29 is 18.3 Å². The Morgan fingerprint density at radius 3 is 2.20 bits per heavy atom. The molecule has 0 bridgehead atoms. The van der Waals surface area contributed by atoms with Crippen LogP contribution in [0.3, 0.4) is 0 Å². The number of anilines is 2. The van der Waals surface area contributed by atoms with Crippen molar-refractivity contribution in [1.82, 2.24) is 0 Å². The van der Waals surface area contributed by atoms with Crippen molar-refractivity contribution >= 4 is 50.6 Å². The van der Waals surface area contributed by atoms with Crippen LogP contribution in [0.25, 0.3) is 0 Å². The lowest BCUT2D eigenvalue weighted by Gasteiger charge is -2.16. The molecule has 2 rings (SSSR count). The summed E-state index contributed by atoms with van der Waals surface area (Å²) >= 11 is 11.8. The fourth-order valence-corrected chi connectivity index (χ4v) is 4.15. The number of carboxylic acid groups (broad SMARTS) is 1. The highest BCUT2D eigenvalue weighted by atomic mass is 35.5. The number of carbonyl (C=O) groups is 1. The third-order valence-corrected chi connectivity index (χ3v) is 5.57. The molecule has 0 fully saturated rings. The van der Waals surface area contributed by atoms with Crippen LogP contribution in [0, 0.1) is 0 Å². The fraction of sp³-hybridized carbons (Fsp3) is 0.188. The number of carboxylic acids is 1. The highest BCUT2D eigenvalue weighted by Gasteiger charge is 2.23. The van der Waals surface area contributed by atoms with Gasteiger partial charge < -0.3 is 10.8 Å². The Kier molecular flexibility index (Phi) is 5.51. The summed E-state index contributed by atoms with van der Waals surface area (Å²) in [6.07, 6.45) is 0. The van der Waals surface area contributed by atoms with Gasteiger partial charge in [-0.25, -0.2) is 13.2 Å². The molecule has 6 nitrogen and oxygen atoms in total. The second kappa shape index (κ2) is 7.11. The lowest BCUT2D eigenvalue weighted by atomic mass is 10.0. The number of nitrogen functional groups attached to an aromatic ring is 1. The lowest BCUT2D eigenvalue weighted by molar-refractivity contribution is 0.0696. The number of rotatable bonds is 5. The molecule has 0 atom stereocenters. The van der Waals surface area contributed by atoms with E-state index in [0.29, 0.717) is 5.56 Å². The molecular formula is C16H16Cl2N2O4S. The van der Waals surface area contributed by atoms with Crippen molar-refractivity contribution in [2.45, 2.75) is 24.7 Å². The lowest BCUT2D eigenvalue weighted by Crippen LogP contribution is -2.16. The largest absolute Gasteiger partial charge is 0.478 e. The second-order valence-corrected chi connectivity index (χ2v) is 8.14. The van der Waals surface area contributed by atoms with Gasteiger partial charge >= 0.3 is 5.97 Å². The number of hydrogen-bond acceptors (Lipinski definition) is 4. The number of aromatic carboxylic acids is 1. The van der Waals surface area contributed by atoms with Gasteiger partial charge in [0.25, 0.3) is 10.0 Å². The number of sulfonamides is 1.